The van der Waals surface area contributed by atoms with Crippen molar-refractivity contribution in [3.05, 3.63) is 47.5 Å². The van der Waals surface area contributed by atoms with Gasteiger partial charge in [0.05, 0.1) is 33.5 Å². The highest BCUT2D eigenvalue weighted by Crippen LogP contribution is 2.37. The average molecular weight is 411 g/mol. The summed E-state index contributed by atoms with van der Waals surface area (Å²) in [4.78, 5) is 26.5. The van der Waals surface area contributed by atoms with Crippen molar-refractivity contribution < 1.29 is 23.8 Å². The first kappa shape index (κ1) is 21.2. The molecule has 2 amide bonds. The first-order valence-electron chi connectivity index (χ1n) is 9.46. The van der Waals surface area contributed by atoms with Gasteiger partial charge in [-0.15, -0.1) is 0 Å². The van der Waals surface area contributed by atoms with Gasteiger partial charge in [0.2, 0.25) is 17.6 Å². The maximum atomic E-state index is 12.5. The van der Waals surface area contributed by atoms with E-state index in [0.717, 1.165) is 11.3 Å². The van der Waals surface area contributed by atoms with E-state index in [-0.39, 0.29) is 18.2 Å². The van der Waals surface area contributed by atoms with Crippen molar-refractivity contribution in [3.63, 3.8) is 0 Å². The lowest BCUT2D eigenvalue weighted by atomic mass is 10.1. The minimum absolute atomic E-state index is 0.0763. The number of anilines is 1. The topological polar surface area (TPSA) is 89.5 Å². The Kier molecular flexibility index (Phi) is 6.56. The zero-order valence-corrected chi connectivity index (χ0v) is 17.5. The van der Waals surface area contributed by atoms with Gasteiger partial charge in [0.15, 0.2) is 11.5 Å². The first-order chi connectivity index (χ1) is 14.5. The Balaban J connectivity index is 1.65. The SMILES string of the molecule is COc1cc(/C=N/NC(=O)[C@@H]2CC(=O)N(c3ccc(C)cc3)C2)cc(OC)c1OC. The highest BCUT2D eigenvalue weighted by atomic mass is 16.5. The van der Waals surface area contributed by atoms with Gasteiger partial charge in [-0.05, 0) is 31.2 Å². The number of hydrazone groups is 1. The summed E-state index contributed by atoms with van der Waals surface area (Å²) in [5.41, 5.74) is 5.08. The predicted octanol–water partition coefficient (Wildman–Crippen LogP) is 2.52. The van der Waals surface area contributed by atoms with E-state index in [0.29, 0.717) is 29.4 Å². The molecule has 0 saturated carbocycles. The molecule has 1 heterocycles. The molecule has 0 spiro atoms. The van der Waals surface area contributed by atoms with Crippen LogP contribution in [0.3, 0.4) is 0 Å². The van der Waals surface area contributed by atoms with Crippen LogP contribution in [0.15, 0.2) is 41.5 Å². The number of carbonyl (C=O) groups excluding carboxylic acids is 2. The van der Waals surface area contributed by atoms with Gasteiger partial charge < -0.3 is 19.1 Å². The van der Waals surface area contributed by atoms with Crippen LogP contribution < -0.4 is 24.5 Å². The van der Waals surface area contributed by atoms with Crippen LogP contribution in [0, 0.1) is 12.8 Å². The molecule has 8 heteroatoms. The van der Waals surface area contributed by atoms with E-state index in [1.54, 1.807) is 17.0 Å². The van der Waals surface area contributed by atoms with Gasteiger partial charge in [0.1, 0.15) is 0 Å². The van der Waals surface area contributed by atoms with Crippen LogP contribution in [0.2, 0.25) is 0 Å². The van der Waals surface area contributed by atoms with Crippen LogP contribution in [0.1, 0.15) is 17.5 Å². The Morgan fingerprint density at radius 1 is 1.10 bits per heavy atom. The molecule has 0 unspecified atom stereocenters. The summed E-state index contributed by atoms with van der Waals surface area (Å²) in [6.45, 7) is 2.31. The third-order valence-electron chi connectivity index (χ3n) is 4.92. The highest BCUT2D eigenvalue weighted by molar-refractivity contribution is 6.00. The molecule has 0 aliphatic carbocycles. The third kappa shape index (κ3) is 4.53. The molecule has 0 bridgehead atoms. The normalized spacial score (nSPS) is 16.1. The summed E-state index contributed by atoms with van der Waals surface area (Å²) in [5.74, 6) is 0.603. The number of nitrogens with one attached hydrogen (secondary N) is 1. The number of nitrogens with zero attached hydrogens (tertiary/aromatic N) is 2. The summed E-state index contributed by atoms with van der Waals surface area (Å²) < 4.78 is 15.9. The fourth-order valence-corrected chi connectivity index (χ4v) is 3.30. The molecule has 30 heavy (non-hydrogen) atoms. The van der Waals surface area contributed by atoms with Gasteiger partial charge in [-0.2, -0.15) is 5.10 Å². The molecule has 0 aromatic heterocycles. The van der Waals surface area contributed by atoms with Crippen molar-refractivity contribution in [1.29, 1.82) is 0 Å². The van der Waals surface area contributed by atoms with Crippen LogP contribution in [0.25, 0.3) is 0 Å². The maximum Gasteiger partial charge on any atom is 0.245 e. The smallest absolute Gasteiger partial charge is 0.245 e. The Morgan fingerprint density at radius 3 is 2.30 bits per heavy atom. The second-order valence-electron chi connectivity index (χ2n) is 6.93. The Labute approximate surface area is 175 Å². The monoisotopic (exact) mass is 411 g/mol. The molecular weight excluding hydrogens is 386 g/mol. The molecule has 1 fully saturated rings. The van der Waals surface area contributed by atoms with E-state index in [2.05, 4.69) is 10.5 Å². The second kappa shape index (κ2) is 9.30. The summed E-state index contributed by atoms with van der Waals surface area (Å²) in [6.07, 6.45) is 1.64. The van der Waals surface area contributed by atoms with Crippen molar-refractivity contribution in [3.8, 4) is 17.2 Å². The summed E-state index contributed by atoms with van der Waals surface area (Å²) in [6, 6.07) is 11.1. The molecule has 3 rings (SSSR count). The number of benzene rings is 2. The van der Waals surface area contributed by atoms with Gasteiger partial charge in [-0.25, -0.2) is 5.43 Å². The molecule has 0 radical (unpaired) electrons. The summed E-state index contributed by atoms with van der Waals surface area (Å²) in [5, 5.41) is 4.02. The van der Waals surface area contributed by atoms with Crippen molar-refractivity contribution >= 4 is 23.7 Å². The molecule has 8 nitrogen and oxygen atoms in total. The first-order valence-corrected chi connectivity index (χ1v) is 9.46. The van der Waals surface area contributed by atoms with Crippen molar-refractivity contribution in [1.82, 2.24) is 5.43 Å². The minimum atomic E-state index is -0.462. The van der Waals surface area contributed by atoms with E-state index in [1.807, 2.05) is 31.2 Å². The summed E-state index contributed by atoms with van der Waals surface area (Å²) in [7, 11) is 4.57. The zero-order chi connectivity index (χ0) is 21.7. The van der Waals surface area contributed by atoms with Crippen molar-refractivity contribution in [2.24, 2.45) is 11.0 Å². The lowest BCUT2D eigenvalue weighted by Crippen LogP contribution is -2.30. The van der Waals surface area contributed by atoms with Gasteiger partial charge in [0.25, 0.3) is 0 Å². The largest absolute Gasteiger partial charge is 0.493 e. The molecule has 2 aromatic rings. The van der Waals surface area contributed by atoms with E-state index in [1.165, 1.54) is 27.5 Å². The highest BCUT2D eigenvalue weighted by Gasteiger charge is 2.35. The van der Waals surface area contributed by atoms with Crippen LogP contribution in [-0.4, -0.2) is 45.9 Å². The van der Waals surface area contributed by atoms with Gasteiger partial charge >= 0.3 is 0 Å². The summed E-state index contributed by atoms with van der Waals surface area (Å²) >= 11 is 0. The number of hydrogen-bond acceptors (Lipinski definition) is 6. The molecule has 2 aromatic carbocycles. The Hall–Kier alpha value is -3.55. The van der Waals surface area contributed by atoms with Crippen LogP contribution in [-0.2, 0) is 9.59 Å². The van der Waals surface area contributed by atoms with Crippen molar-refractivity contribution in [2.75, 3.05) is 32.8 Å². The molecule has 1 saturated heterocycles. The predicted molar refractivity (Wildman–Crippen MR) is 113 cm³/mol. The van der Waals surface area contributed by atoms with Gasteiger partial charge in [-0.3, -0.25) is 9.59 Å². The lowest BCUT2D eigenvalue weighted by molar-refractivity contribution is -0.126. The number of rotatable bonds is 7. The number of aryl methyl sites for hydroxylation is 1. The van der Waals surface area contributed by atoms with Crippen molar-refractivity contribution in [2.45, 2.75) is 13.3 Å². The Bertz CT molecular complexity index is 931. The fourth-order valence-electron chi connectivity index (χ4n) is 3.30. The maximum absolute atomic E-state index is 12.5. The number of ether oxygens (including phenoxy) is 3. The number of hydrogen-bond donors (Lipinski definition) is 1. The number of methoxy groups -OCH3 is 3. The molecule has 1 aliphatic rings. The van der Waals surface area contributed by atoms with Gasteiger partial charge in [-0.1, -0.05) is 17.7 Å². The van der Waals surface area contributed by atoms with E-state index in [9.17, 15) is 9.59 Å². The Morgan fingerprint density at radius 2 is 1.73 bits per heavy atom. The van der Waals surface area contributed by atoms with E-state index in [4.69, 9.17) is 14.2 Å². The number of carbonyl (C=O) groups is 2. The minimum Gasteiger partial charge on any atom is -0.493 e. The fraction of sp³-hybridized carbons (Fsp3) is 0.318. The number of amides is 2. The van der Waals surface area contributed by atoms with Crippen LogP contribution in [0.4, 0.5) is 5.69 Å². The third-order valence-corrected chi connectivity index (χ3v) is 4.92. The molecule has 1 aliphatic heterocycles. The van der Waals surface area contributed by atoms with E-state index >= 15 is 0 Å². The standard InChI is InChI=1S/C22H25N3O5/c1-14-5-7-17(8-6-14)25-13-16(11-20(25)26)22(27)24-23-12-15-9-18(28-2)21(30-4)19(10-15)29-3/h5-10,12,16H,11,13H2,1-4H3,(H,24,27)/b23-12+/t16-/m1/s1. The van der Waals surface area contributed by atoms with E-state index < -0.39 is 5.92 Å². The second-order valence-corrected chi connectivity index (χ2v) is 6.93. The van der Waals surface area contributed by atoms with Crippen LogP contribution >= 0.6 is 0 Å². The van der Waals surface area contributed by atoms with Crippen LogP contribution in [0.5, 0.6) is 17.2 Å². The van der Waals surface area contributed by atoms with Gasteiger partial charge in [0, 0.05) is 24.2 Å². The zero-order valence-electron chi connectivity index (χ0n) is 17.5. The molecule has 1 atom stereocenters. The quantitative estimate of drug-likeness (QED) is 0.559. The average Bonchev–Trinajstić information content (AvgIpc) is 3.15. The molecule has 158 valence electrons. The lowest BCUT2D eigenvalue weighted by Gasteiger charge is -2.16. The molecule has 1 N–H and O–H groups in total. The molecular formula is C22H25N3O5.